The molecule has 2 aromatic heterocycles. The molecule has 0 radical (unpaired) electrons. The van der Waals surface area contributed by atoms with Crippen LogP contribution in [0.25, 0.3) is 5.69 Å². The number of nitrogens with zero attached hydrogens (tertiary/aromatic N) is 5. The van der Waals surface area contributed by atoms with Crippen molar-refractivity contribution < 1.29 is 24.0 Å². The van der Waals surface area contributed by atoms with Crippen molar-refractivity contribution in [3.8, 4) is 5.69 Å². The van der Waals surface area contributed by atoms with Gasteiger partial charge in [-0.25, -0.2) is 9.67 Å². The van der Waals surface area contributed by atoms with Crippen molar-refractivity contribution in [1.82, 2.24) is 30.2 Å². The summed E-state index contributed by atoms with van der Waals surface area (Å²) in [6, 6.07) is 7.54. The Balaban J connectivity index is 1.32. The van der Waals surface area contributed by atoms with Gasteiger partial charge in [0.1, 0.15) is 6.04 Å². The van der Waals surface area contributed by atoms with Crippen LogP contribution in [0.2, 0.25) is 0 Å². The van der Waals surface area contributed by atoms with E-state index in [0.717, 1.165) is 0 Å². The first-order valence-electron chi connectivity index (χ1n) is 11.0. The predicted molar refractivity (Wildman–Crippen MR) is 124 cm³/mol. The second-order valence-electron chi connectivity index (χ2n) is 8.32. The van der Waals surface area contributed by atoms with Crippen LogP contribution in [0.15, 0.2) is 42.7 Å². The van der Waals surface area contributed by atoms with E-state index in [1.165, 1.54) is 28.9 Å². The maximum atomic E-state index is 12.9. The third-order valence-corrected chi connectivity index (χ3v) is 5.85. The molecule has 4 heterocycles. The summed E-state index contributed by atoms with van der Waals surface area (Å²) in [6.45, 7) is 1.55. The fourth-order valence-corrected chi connectivity index (χ4v) is 4.16. The quantitative estimate of drug-likeness (QED) is 0.440. The van der Waals surface area contributed by atoms with Crippen LogP contribution >= 0.6 is 0 Å². The number of imide groups is 1. The number of nitrogens with one attached hydrogen (secondary N) is 3. The van der Waals surface area contributed by atoms with E-state index in [9.17, 15) is 24.0 Å². The molecule has 1 fully saturated rings. The highest BCUT2D eigenvalue weighted by Crippen LogP contribution is 2.29. The molecule has 1 aromatic carbocycles. The van der Waals surface area contributed by atoms with Gasteiger partial charge >= 0.3 is 0 Å². The Hall–Kier alpha value is -4.94. The van der Waals surface area contributed by atoms with Crippen molar-refractivity contribution >= 4 is 41.0 Å². The minimum Gasteiger partial charge on any atom is -0.322 e. The molecule has 13 heteroatoms. The monoisotopic (exact) mass is 488 g/mol. The lowest BCUT2D eigenvalue weighted by molar-refractivity contribution is -0.137. The zero-order valence-corrected chi connectivity index (χ0v) is 19.0. The van der Waals surface area contributed by atoms with Crippen LogP contribution in [0, 0.1) is 0 Å². The Morgan fingerprint density at radius 2 is 1.97 bits per heavy atom. The second-order valence-corrected chi connectivity index (χ2v) is 8.32. The highest BCUT2D eigenvalue weighted by molar-refractivity contribution is 6.06. The summed E-state index contributed by atoms with van der Waals surface area (Å²) in [4.78, 5) is 66.2. The van der Waals surface area contributed by atoms with Gasteiger partial charge in [-0.05, 0) is 42.3 Å². The van der Waals surface area contributed by atoms with Gasteiger partial charge in [0.05, 0.1) is 17.6 Å². The van der Waals surface area contributed by atoms with Crippen molar-refractivity contribution in [2.45, 2.75) is 32.4 Å². The van der Waals surface area contributed by atoms with Crippen LogP contribution in [0.3, 0.4) is 0 Å². The molecular weight excluding hydrogens is 468 g/mol. The Morgan fingerprint density at radius 1 is 1.14 bits per heavy atom. The molecule has 3 aromatic rings. The van der Waals surface area contributed by atoms with Gasteiger partial charge in [0.15, 0.2) is 11.5 Å². The number of carbonyl (C=O) groups is 5. The minimum absolute atomic E-state index is 0.0226. The average Bonchev–Trinajstić information content (AvgIpc) is 3.45. The summed E-state index contributed by atoms with van der Waals surface area (Å²) in [5.41, 5.74) is 2.05. The second kappa shape index (κ2) is 9.02. The first-order chi connectivity index (χ1) is 17.3. The Morgan fingerprint density at radius 3 is 2.75 bits per heavy atom. The van der Waals surface area contributed by atoms with Gasteiger partial charge in [0, 0.05) is 31.6 Å². The molecule has 2 aliphatic rings. The molecule has 36 heavy (non-hydrogen) atoms. The number of rotatable bonds is 5. The van der Waals surface area contributed by atoms with Gasteiger partial charge in [-0.3, -0.25) is 29.3 Å². The lowest BCUT2D eigenvalue weighted by Gasteiger charge is -2.29. The summed E-state index contributed by atoms with van der Waals surface area (Å²) in [7, 11) is 0. The molecule has 13 nitrogen and oxygen atoms in total. The zero-order valence-electron chi connectivity index (χ0n) is 19.0. The number of anilines is 2. The molecule has 1 atom stereocenters. The van der Waals surface area contributed by atoms with Crippen LogP contribution in [-0.4, -0.2) is 60.5 Å². The summed E-state index contributed by atoms with van der Waals surface area (Å²) < 4.78 is 1.40. The molecule has 0 spiro atoms. The first kappa shape index (κ1) is 22.8. The van der Waals surface area contributed by atoms with Crippen LogP contribution < -0.4 is 16.0 Å². The highest BCUT2D eigenvalue weighted by atomic mass is 16.2. The number of benzene rings is 1. The van der Waals surface area contributed by atoms with Gasteiger partial charge < -0.3 is 15.5 Å². The van der Waals surface area contributed by atoms with E-state index in [-0.39, 0.29) is 48.6 Å². The largest absolute Gasteiger partial charge is 0.322 e. The van der Waals surface area contributed by atoms with Crippen molar-refractivity contribution in [3.63, 3.8) is 0 Å². The smallest absolute Gasteiger partial charge is 0.277 e. The minimum atomic E-state index is -0.706. The van der Waals surface area contributed by atoms with E-state index >= 15 is 0 Å². The van der Waals surface area contributed by atoms with Gasteiger partial charge in [0.25, 0.3) is 11.8 Å². The lowest BCUT2D eigenvalue weighted by Crippen LogP contribution is -2.52. The molecule has 0 aliphatic carbocycles. The average molecular weight is 488 g/mol. The summed E-state index contributed by atoms with van der Waals surface area (Å²) >= 11 is 0. The molecule has 1 unspecified atom stereocenters. The van der Waals surface area contributed by atoms with Gasteiger partial charge in [0.2, 0.25) is 17.7 Å². The van der Waals surface area contributed by atoms with Crippen LogP contribution in [0.1, 0.15) is 46.2 Å². The maximum absolute atomic E-state index is 12.9. The summed E-state index contributed by atoms with van der Waals surface area (Å²) in [6.07, 6.45) is 3.37. The zero-order chi connectivity index (χ0) is 25.4. The fraction of sp³-hybridized carbons (Fsp3) is 0.217. The summed E-state index contributed by atoms with van der Waals surface area (Å²) in [5.74, 6) is -1.79. The van der Waals surface area contributed by atoms with Crippen LogP contribution in [-0.2, 0) is 20.9 Å². The number of hydrogen-bond acceptors (Lipinski definition) is 8. The van der Waals surface area contributed by atoms with E-state index < -0.39 is 17.9 Å². The Bertz CT molecular complexity index is 1430. The fourth-order valence-electron chi connectivity index (χ4n) is 4.16. The molecule has 2 aliphatic heterocycles. The highest BCUT2D eigenvalue weighted by Gasteiger charge is 2.39. The summed E-state index contributed by atoms with van der Waals surface area (Å²) in [5, 5.41) is 15.4. The van der Waals surface area contributed by atoms with Crippen molar-refractivity contribution in [3.05, 3.63) is 59.5 Å². The molecule has 182 valence electrons. The molecule has 5 rings (SSSR count). The van der Waals surface area contributed by atoms with Crippen LogP contribution in [0.5, 0.6) is 0 Å². The van der Waals surface area contributed by atoms with E-state index in [0.29, 0.717) is 22.5 Å². The molecular formula is C23H20N8O5. The van der Waals surface area contributed by atoms with Crippen LogP contribution in [0.4, 0.5) is 11.5 Å². The number of aromatic nitrogens is 4. The number of piperidine rings is 1. The number of hydrogen-bond donors (Lipinski definition) is 3. The Labute approximate surface area is 203 Å². The number of carbonyl (C=O) groups excluding carboxylic acids is 5. The molecule has 0 saturated carbocycles. The van der Waals surface area contributed by atoms with E-state index in [1.54, 1.807) is 30.3 Å². The SMILES string of the molecule is CC(=O)Nc1ncccc1NC(=O)c1cn(-c2ccc3c(c2)CN(C2CCC(=O)NC2=O)C3=O)nn1. The maximum Gasteiger partial charge on any atom is 0.277 e. The third-order valence-electron chi connectivity index (χ3n) is 5.85. The molecule has 0 bridgehead atoms. The number of fused-ring (bicyclic) bond motifs is 1. The molecule has 3 N–H and O–H groups in total. The van der Waals surface area contributed by atoms with E-state index in [1.807, 2.05) is 0 Å². The predicted octanol–water partition coefficient (Wildman–Crippen LogP) is 0.634. The van der Waals surface area contributed by atoms with Crippen molar-refractivity contribution in [2.24, 2.45) is 0 Å². The lowest BCUT2D eigenvalue weighted by atomic mass is 10.0. The number of pyridine rings is 1. The molecule has 5 amide bonds. The normalized spacial score (nSPS) is 17.0. The van der Waals surface area contributed by atoms with Crippen molar-refractivity contribution in [1.29, 1.82) is 0 Å². The van der Waals surface area contributed by atoms with Crippen molar-refractivity contribution in [2.75, 3.05) is 10.6 Å². The van der Waals surface area contributed by atoms with Gasteiger partial charge in [-0.1, -0.05) is 5.21 Å². The van der Waals surface area contributed by atoms with Gasteiger partial charge in [-0.15, -0.1) is 5.10 Å². The van der Waals surface area contributed by atoms with E-state index in [2.05, 4.69) is 31.2 Å². The topological polar surface area (TPSA) is 168 Å². The Kier molecular flexibility index (Phi) is 5.72. The number of amides is 5. The first-order valence-corrected chi connectivity index (χ1v) is 11.0. The standard InChI is InChI=1S/C23H20N8O5/c1-12(32)25-20-16(3-2-8-24-20)26-21(34)17-11-31(29-28-17)14-4-5-15-13(9-14)10-30(23(15)36)18-6-7-19(33)27-22(18)35/h2-5,8-9,11,18H,6-7,10H2,1H3,(H,26,34)(H,24,25,32)(H,27,33,35). The third kappa shape index (κ3) is 4.29. The van der Waals surface area contributed by atoms with E-state index in [4.69, 9.17) is 0 Å². The van der Waals surface area contributed by atoms with Gasteiger partial charge in [-0.2, -0.15) is 0 Å². The molecule has 1 saturated heterocycles.